The van der Waals surface area contributed by atoms with Crippen molar-refractivity contribution in [1.82, 2.24) is 0 Å². The van der Waals surface area contributed by atoms with E-state index in [0.717, 1.165) is 6.42 Å². The fourth-order valence-corrected chi connectivity index (χ4v) is 4.13. The molecule has 2 heteroatoms. The van der Waals surface area contributed by atoms with Crippen LogP contribution in [0.2, 0.25) is 0 Å². The van der Waals surface area contributed by atoms with Crippen molar-refractivity contribution in [1.29, 1.82) is 0 Å². The molecule has 1 saturated heterocycles. The van der Waals surface area contributed by atoms with E-state index in [1.54, 1.807) is 0 Å². The SMILES string of the molecule is C=CC[C@@]1(Cc2ccc3ccccc3c2)C(=O)O[C@H]2CC=C[C@H]21. The smallest absolute Gasteiger partial charge is 0.313 e. The third-order valence-corrected chi connectivity index (χ3v) is 5.26. The van der Waals surface area contributed by atoms with Gasteiger partial charge in [-0.25, -0.2) is 0 Å². The molecule has 1 fully saturated rings. The third kappa shape index (κ3) is 2.21. The van der Waals surface area contributed by atoms with E-state index in [0.29, 0.717) is 12.8 Å². The van der Waals surface area contributed by atoms with Crippen molar-refractivity contribution in [2.24, 2.45) is 11.3 Å². The first-order chi connectivity index (χ1) is 11.2. The van der Waals surface area contributed by atoms with Crippen LogP contribution in [0.25, 0.3) is 10.8 Å². The summed E-state index contributed by atoms with van der Waals surface area (Å²) in [6, 6.07) is 14.8. The molecule has 0 N–H and O–H groups in total. The zero-order valence-electron chi connectivity index (χ0n) is 13.1. The Morgan fingerprint density at radius 3 is 2.87 bits per heavy atom. The quantitative estimate of drug-likeness (QED) is 0.616. The molecular weight excluding hydrogens is 284 g/mol. The van der Waals surface area contributed by atoms with Gasteiger partial charge in [0.1, 0.15) is 6.10 Å². The van der Waals surface area contributed by atoms with Crippen molar-refractivity contribution in [2.75, 3.05) is 0 Å². The molecule has 2 aliphatic rings. The van der Waals surface area contributed by atoms with Crippen molar-refractivity contribution < 1.29 is 9.53 Å². The summed E-state index contributed by atoms with van der Waals surface area (Å²) >= 11 is 0. The Kier molecular flexibility index (Phi) is 3.33. The average Bonchev–Trinajstić information content (AvgIpc) is 3.11. The van der Waals surface area contributed by atoms with Crippen LogP contribution >= 0.6 is 0 Å². The number of benzene rings is 2. The summed E-state index contributed by atoms with van der Waals surface area (Å²) < 4.78 is 5.66. The van der Waals surface area contributed by atoms with Crippen LogP contribution in [0.4, 0.5) is 0 Å². The Bertz CT molecular complexity index is 804. The van der Waals surface area contributed by atoms with Crippen LogP contribution < -0.4 is 0 Å². The van der Waals surface area contributed by atoms with Crippen LogP contribution in [-0.2, 0) is 16.0 Å². The number of hydrogen-bond acceptors (Lipinski definition) is 2. The van der Waals surface area contributed by atoms with Gasteiger partial charge in [0.05, 0.1) is 5.41 Å². The Balaban J connectivity index is 1.74. The molecule has 0 unspecified atom stereocenters. The predicted octanol–water partition coefficient (Wildman–Crippen LogP) is 4.45. The van der Waals surface area contributed by atoms with Gasteiger partial charge in [-0.3, -0.25) is 4.79 Å². The summed E-state index contributed by atoms with van der Waals surface area (Å²) in [5.74, 6) is 0.101. The van der Waals surface area contributed by atoms with Crippen molar-refractivity contribution in [3.8, 4) is 0 Å². The number of esters is 1. The van der Waals surface area contributed by atoms with E-state index >= 15 is 0 Å². The number of carbonyl (C=O) groups is 1. The third-order valence-electron chi connectivity index (χ3n) is 5.26. The Labute approximate surface area is 136 Å². The highest BCUT2D eigenvalue weighted by Gasteiger charge is 2.56. The summed E-state index contributed by atoms with van der Waals surface area (Å²) in [5.41, 5.74) is 0.686. The zero-order valence-corrected chi connectivity index (χ0v) is 13.1. The molecule has 1 heterocycles. The zero-order chi connectivity index (χ0) is 15.9. The second-order valence-electron chi connectivity index (χ2n) is 6.64. The van der Waals surface area contributed by atoms with Gasteiger partial charge in [0.25, 0.3) is 0 Å². The number of fused-ring (bicyclic) bond motifs is 2. The van der Waals surface area contributed by atoms with Gasteiger partial charge in [0.15, 0.2) is 0 Å². The average molecular weight is 304 g/mol. The van der Waals surface area contributed by atoms with Crippen LogP contribution in [0.1, 0.15) is 18.4 Å². The predicted molar refractivity (Wildman–Crippen MR) is 92.0 cm³/mol. The van der Waals surface area contributed by atoms with Gasteiger partial charge < -0.3 is 4.74 Å². The van der Waals surface area contributed by atoms with E-state index in [1.165, 1.54) is 16.3 Å². The minimum absolute atomic E-state index is 0.0166. The van der Waals surface area contributed by atoms with E-state index in [2.05, 4.69) is 49.1 Å². The van der Waals surface area contributed by atoms with E-state index in [-0.39, 0.29) is 18.0 Å². The lowest BCUT2D eigenvalue weighted by Crippen LogP contribution is -2.35. The maximum atomic E-state index is 12.7. The number of rotatable bonds is 4. The van der Waals surface area contributed by atoms with Gasteiger partial charge in [-0.1, -0.05) is 60.7 Å². The molecule has 2 aromatic carbocycles. The molecule has 2 aromatic rings. The molecule has 4 rings (SSSR count). The Hall–Kier alpha value is -2.35. The minimum atomic E-state index is -0.498. The van der Waals surface area contributed by atoms with Gasteiger partial charge in [0, 0.05) is 12.3 Å². The first-order valence-corrected chi connectivity index (χ1v) is 8.19. The van der Waals surface area contributed by atoms with Crippen molar-refractivity contribution >= 4 is 16.7 Å². The largest absolute Gasteiger partial charge is 0.461 e. The molecule has 0 spiro atoms. The van der Waals surface area contributed by atoms with Crippen LogP contribution in [0.15, 0.2) is 67.3 Å². The molecule has 0 radical (unpaired) electrons. The highest BCUT2D eigenvalue weighted by Crippen LogP contribution is 2.49. The first kappa shape index (κ1) is 14.3. The van der Waals surface area contributed by atoms with E-state index in [1.807, 2.05) is 18.2 Å². The van der Waals surface area contributed by atoms with E-state index < -0.39 is 5.41 Å². The standard InChI is InChI=1S/C21H20O2/c1-2-12-21(18-8-5-9-19(18)23-20(21)22)14-15-10-11-16-6-3-4-7-17(16)13-15/h2-8,10-11,13,18-19H,1,9,12,14H2/t18-,19+,21+/m1/s1. The van der Waals surface area contributed by atoms with Crippen LogP contribution in [-0.4, -0.2) is 12.1 Å². The molecule has 2 nitrogen and oxygen atoms in total. The lowest BCUT2D eigenvalue weighted by molar-refractivity contribution is -0.148. The summed E-state index contributed by atoms with van der Waals surface area (Å²) in [5, 5.41) is 2.44. The number of allylic oxidation sites excluding steroid dienone is 1. The summed E-state index contributed by atoms with van der Waals surface area (Å²) in [6.07, 6.45) is 8.38. The van der Waals surface area contributed by atoms with Gasteiger partial charge >= 0.3 is 5.97 Å². The molecule has 1 aliphatic heterocycles. The molecule has 0 saturated carbocycles. The van der Waals surface area contributed by atoms with Crippen LogP contribution in [0, 0.1) is 11.3 Å². The Morgan fingerprint density at radius 2 is 2.04 bits per heavy atom. The molecule has 3 atom stereocenters. The van der Waals surface area contributed by atoms with Gasteiger partial charge in [-0.2, -0.15) is 0 Å². The van der Waals surface area contributed by atoms with Gasteiger partial charge in [-0.15, -0.1) is 6.58 Å². The van der Waals surface area contributed by atoms with E-state index in [4.69, 9.17) is 4.74 Å². The minimum Gasteiger partial charge on any atom is -0.461 e. The maximum Gasteiger partial charge on any atom is 0.313 e. The van der Waals surface area contributed by atoms with Crippen molar-refractivity contribution in [2.45, 2.75) is 25.4 Å². The van der Waals surface area contributed by atoms with Gasteiger partial charge in [0.2, 0.25) is 0 Å². The van der Waals surface area contributed by atoms with Gasteiger partial charge in [-0.05, 0) is 29.2 Å². The first-order valence-electron chi connectivity index (χ1n) is 8.19. The molecule has 116 valence electrons. The van der Waals surface area contributed by atoms with Crippen LogP contribution in [0.5, 0.6) is 0 Å². The second kappa shape index (κ2) is 5.38. The normalized spacial score (nSPS) is 28.8. The topological polar surface area (TPSA) is 26.3 Å². The second-order valence-corrected chi connectivity index (χ2v) is 6.64. The monoisotopic (exact) mass is 304 g/mol. The molecular formula is C21H20O2. The number of carbonyl (C=O) groups excluding carboxylic acids is 1. The molecule has 0 amide bonds. The van der Waals surface area contributed by atoms with Crippen molar-refractivity contribution in [3.63, 3.8) is 0 Å². The summed E-state index contributed by atoms with van der Waals surface area (Å²) in [7, 11) is 0. The lowest BCUT2D eigenvalue weighted by Gasteiger charge is -2.28. The lowest BCUT2D eigenvalue weighted by atomic mass is 9.69. The van der Waals surface area contributed by atoms with Crippen molar-refractivity contribution in [3.05, 3.63) is 72.8 Å². The molecule has 0 aromatic heterocycles. The summed E-state index contributed by atoms with van der Waals surface area (Å²) in [6.45, 7) is 3.88. The summed E-state index contributed by atoms with van der Waals surface area (Å²) in [4.78, 5) is 12.7. The van der Waals surface area contributed by atoms with E-state index in [9.17, 15) is 4.79 Å². The molecule has 0 bridgehead atoms. The molecule has 23 heavy (non-hydrogen) atoms. The highest BCUT2D eigenvalue weighted by molar-refractivity contribution is 5.84. The Morgan fingerprint density at radius 1 is 1.22 bits per heavy atom. The fraction of sp³-hybridized carbons (Fsp3) is 0.286. The fourth-order valence-electron chi connectivity index (χ4n) is 4.13. The number of ether oxygens (including phenoxy) is 1. The maximum absolute atomic E-state index is 12.7. The highest BCUT2D eigenvalue weighted by atomic mass is 16.6. The van der Waals surface area contributed by atoms with Crippen LogP contribution in [0.3, 0.4) is 0 Å². The number of hydrogen-bond donors (Lipinski definition) is 0. The molecule has 1 aliphatic carbocycles.